The summed E-state index contributed by atoms with van der Waals surface area (Å²) < 4.78 is 0. The van der Waals surface area contributed by atoms with Gasteiger partial charge >= 0.3 is 0 Å². The van der Waals surface area contributed by atoms with Gasteiger partial charge in [-0.15, -0.1) is 0 Å². The molecule has 2 aromatic rings. The first kappa shape index (κ1) is 12.8. The van der Waals surface area contributed by atoms with Crippen LogP contribution in [-0.2, 0) is 5.60 Å². The lowest BCUT2D eigenvalue weighted by atomic mass is 9.81. The van der Waals surface area contributed by atoms with Crippen LogP contribution in [0.3, 0.4) is 0 Å². The molecule has 100 valence electrons. The standard InChI is InChI=1S/C18H17NO/c20-18(15-9-3-1-4-10-15,16-11-5-2-6-12-16)17-13-7-8-14-19-17/h1-7,9-13,20H,8,14H2. The van der Waals surface area contributed by atoms with Crippen LogP contribution in [0.1, 0.15) is 17.5 Å². The smallest absolute Gasteiger partial charge is 0.156 e. The van der Waals surface area contributed by atoms with Crippen LogP contribution in [0.15, 0.2) is 77.8 Å². The van der Waals surface area contributed by atoms with E-state index < -0.39 is 5.60 Å². The Kier molecular flexibility index (Phi) is 3.48. The Bertz CT molecular complexity index is 589. The fraction of sp³-hybridized carbons (Fsp3) is 0.167. The van der Waals surface area contributed by atoms with Crippen LogP contribution in [-0.4, -0.2) is 17.4 Å². The molecule has 0 unspecified atom stereocenters. The summed E-state index contributed by atoms with van der Waals surface area (Å²) in [6.45, 7) is 0.730. The molecule has 1 aliphatic rings. The minimum Gasteiger partial charge on any atom is -0.374 e. The molecule has 0 spiro atoms. The van der Waals surface area contributed by atoms with Gasteiger partial charge in [0.1, 0.15) is 0 Å². The lowest BCUT2D eigenvalue weighted by Crippen LogP contribution is -2.36. The van der Waals surface area contributed by atoms with Gasteiger partial charge in [0.25, 0.3) is 0 Å². The molecule has 1 heterocycles. The summed E-state index contributed by atoms with van der Waals surface area (Å²) in [4.78, 5) is 4.53. The third kappa shape index (κ3) is 2.19. The zero-order valence-corrected chi connectivity index (χ0v) is 11.2. The van der Waals surface area contributed by atoms with Crippen LogP contribution in [0.4, 0.5) is 0 Å². The molecule has 0 amide bonds. The van der Waals surface area contributed by atoms with Crippen molar-refractivity contribution in [2.75, 3.05) is 6.54 Å². The maximum absolute atomic E-state index is 11.4. The van der Waals surface area contributed by atoms with Crippen LogP contribution < -0.4 is 0 Å². The summed E-state index contributed by atoms with van der Waals surface area (Å²) in [6, 6.07) is 19.4. The molecular formula is C18H17NO. The average molecular weight is 263 g/mol. The van der Waals surface area contributed by atoms with Crippen molar-refractivity contribution >= 4 is 5.71 Å². The first-order valence-corrected chi connectivity index (χ1v) is 6.87. The predicted octanol–water partition coefficient (Wildman–Crippen LogP) is 3.32. The first-order valence-electron chi connectivity index (χ1n) is 6.87. The maximum Gasteiger partial charge on any atom is 0.156 e. The lowest BCUT2D eigenvalue weighted by molar-refractivity contribution is 0.156. The largest absolute Gasteiger partial charge is 0.374 e. The van der Waals surface area contributed by atoms with E-state index in [9.17, 15) is 5.11 Å². The fourth-order valence-corrected chi connectivity index (χ4v) is 2.56. The molecule has 0 aromatic heterocycles. The lowest BCUT2D eigenvalue weighted by Gasteiger charge is -2.30. The Hall–Kier alpha value is -2.19. The highest BCUT2D eigenvalue weighted by molar-refractivity contribution is 6.05. The van der Waals surface area contributed by atoms with E-state index in [0.717, 1.165) is 24.1 Å². The minimum atomic E-state index is -1.18. The molecule has 2 nitrogen and oxygen atoms in total. The monoisotopic (exact) mass is 263 g/mol. The van der Waals surface area contributed by atoms with Gasteiger partial charge in [0.2, 0.25) is 0 Å². The number of dihydropyridines is 1. The maximum atomic E-state index is 11.4. The Morgan fingerprint density at radius 1 is 0.850 bits per heavy atom. The van der Waals surface area contributed by atoms with E-state index in [0.29, 0.717) is 5.71 Å². The van der Waals surface area contributed by atoms with E-state index in [4.69, 9.17) is 0 Å². The number of aliphatic hydroxyl groups is 1. The number of rotatable bonds is 3. The topological polar surface area (TPSA) is 32.6 Å². The highest BCUT2D eigenvalue weighted by Crippen LogP contribution is 2.32. The minimum absolute atomic E-state index is 0.709. The van der Waals surface area contributed by atoms with Crippen molar-refractivity contribution in [3.05, 3.63) is 83.9 Å². The van der Waals surface area contributed by atoms with E-state index in [2.05, 4.69) is 11.1 Å². The zero-order valence-electron chi connectivity index (χ0n) is 11.2. The van der Waals surface area contributed by atoms with E-state index >= 15 is 0 Å². The highest BCUT2D eigenvalue weighted by Gasteiger charge is 2.36. The first-order chi connectivity index (χ1) is 9.82. The molecule has 0 radical (unpaired) electrons. The number of benzene rings is 2. The Morgan fingerprint density at radius 3 is 1.85 bits per heavy atom. The highest BCUT2D eigenvalue weighted by atomic mass is 16.3. The van der Waals surface area contributed by atoms with E-state index in [-0.39, 0.29) is 0 Å². The van der Waals surface area contributed by atoms with Gasteiger partial charge in [-0.05, 0) is 23.6 Å². The molecule has 2 heteroatoms. The van der Waals surface area contributed by atoms with Crippen molar-refractivity contribution in [1.82, 2.24) is 0 Å². The molecule has 0 bridgehead atoms. The summed E-state index contributed by atoms with van der Waals surface area (Å²) >= 11 is 0. The van der Waals surface area contributed by atoms with Gasteiger partial charge in [-0.1, -0.05) is 66.7 Å². The number of hydrogen-bond acceptors (Lipinski definition) is 2. The second-order valence-electron chi connectivity index (χ2n) is 4.90. The van der Waals surface area contributed by atoms with E-state index in [1.807, 2.05) is 66.7 Å². The van der Waals surface area contributed by atoms with Crippen LogP contribution in [0.25, 0.3) is 0 Å². The van der Waals surface area contributed by atoms with Crippen molar-refractivity contribution in [2.24, 2.45) is 4.99 Å². The molecule has 20 heavy (non-hydrogen) atoms. The van der Waals surface area contributed by atoms with E-state index in [1.165, 1.54) is 0 Å². The molecule has 1 aliphatic heterocycles. The third-order valence-electron chi connectivity index (χ3n) is 3.61. The van der Waals surface area contributed by atoms with Crippen molar-refractivity contribution in [3.63, 3.8) is 0 Å². The molecule has 2 aromatic carbocycles. The van der Waals surface area contributed by atoms with Crippen LogP contribution in [0.2, 0.25) is 0 Å². The van der Waals surface area contributed by atoms with Gasteiger partial charge in [0.15, 0.2) is 5.60 Å². The summed E-state index contributed by atoms with van der Waals surface area (Å²) in [6.07, 6.45) is 4.94. The molecule has 0 fully saturated rings. The molecule has 0 aliphatic carbocycles. The average Bonchev–Trinajstić information content (AvgIpc) is 2.56. The van der Waals surface area contributed by atoms with Gasteiger partial charge < -0.3 is 5.11 Å². The Balaban J connectivity index is 2.18. The second-order valence-corrected chi connectivity index (χ2v) is 4.90. The Labute approximate surface area is 119 Å². The normalized spacial score (nSPS) is 14.9. The SMILES string of the molecule is OC(C1=NCCC=C1)(c1ccccc1)c1ccccc1. The zero-order chi connectivity index (χ0) is 13.8. The molecule has 1 N–H and O–H groups in total. The van der Waals surface area contributed by atoms with Crippen molar-refractivity contribution in [3.8, 4) is 0 Å². The molecule has 0 saturated heterocycles. The molecule has 3 rings (SSSR count). The molecule has 0 atom stereocenters. The summed E-state index contributed by atoms with van der Waals surface area (Å²) in [7, 11) is 0. The second kappa shape index (κ2) is 5.43. The quantitative estimate of drug-likeness (QED) is 0.905. The van der Waals surface area contributed by atoms with Crippen LogP contribution >= 0.6 is 0 Å². The number of hydrogen-bond donors (Lipinski definition) is 1. The fourth-order valence-electron chi connectivity index (χ4n) is 2.56. The van der Waals surface area contributed by atoms with Gasteiger partial charge in [-0.25, -0.2) is 0 Å². The van der Waals surface area contributed by atoms with Crippen molar-refractivity contribution < 1.29 is 5.11 Å². The number of nitrogens with zero attached hydrogens (tertiary/aromatic N) is 1. The van der Waals surface area contributed by atoms with Crippen molar-refractivity contribution in [1.29, 1.82) is 0 Å². The van der Waals surface area contributed by atoms with E-state index in [1.54, 1.807) is 0 Å². The molecular weight excluding hydrogens is 246 g/mol. The van der Waals surface area contributed by atoms with Crippen molar-refractivity contribution in [2.45, 2.75) is 12.0 Å². The summed E-state index contributed by atoms with van der Waals surface area (Å²) in [5, 5.41) is 11.4. The van der Waals surface area contributed by atoms with Crippen LogP contribution in [0.5, 0.6) is 0 Å². The molecule has 0 saturated carbocycles. The third-order valence-corrected chi connectivity index (χ3v) is 3.61. The summed E-state index contributed by atoms with van der Waals surface area (Å²) in [5.74, 6) is 0. The van der Waals surface area contributed by atoms with Crippen LogP contribution in [0, 0.1) is 0 Å². The Morgan fingerprint density at radius 2 is 1.40 bits per heavy atom. The van der Waals surface area contributed by atoms with Gasteiger partial charge in [0, 0.05) is 6.54 Å². The van der Waals surface area contributed by atoms with Gasteiger partial charge in [-0.2, -0.15) is 0 Å². The summed E-state index contributed by atoms with van der Waals surface area (Å²) in [5.41, 5.74) is 1.22. The van der Waals surface area contributed by atoms with Gasteiger partial charge in [0.05, 0.1) is 5.71 Å². The predicted molar refractivity (Wildman–Crippen MR) is 81.9 cm³/mol. The van der Waals surface area contributed by atoms with Gasteiger partial charge in [-0.3, -0.25) is 4.99 Å². The number of aliphatic imine (C=N–C) groups is 1.